The molecule has 6 nitrogen and oxygen atoms in total. The molecular weight excluding hydrogens is 306 g/mol. The van der Waals surface area contributed by atoms with Gasteiger partial charge in [0.25, 0.3) is 5.91 Å². The molecular formula is C13H19N5OS2. The van der Waals surface area contributed by atoms with Crippen molar-refractivity contribution in [2.45, 2.75) is 32.7 Å². The van der Waals surface area contributed by atoms with Crippen LogP contribution in [-0.2, 0) is 0 Å². The number of carbonyl (C=O) groups excluding carboxylic acids is 1. The fourth-order valence-corrected chi connectivity index (χ4v) is 3.20. The van der Waals surface area contributed by atoms with Crippen LogP contribution in [0.25, 0.3) is 0 Å². The first-order valence-corrected chi connectivity index (χ1v) is 8.33. The average Bonchev–Trinajstić information content (AvgIpc) is 3.04. The van der Waals surface area contributed by atoms with Crippen LogP contribution in [-0.4, -0.2) is 27.9 Å². The standard InChI is InChI=1S/C13H19N5OS2/c1-7(2)17-11(19)9-10(14)18-21-13(9)16-6-8(3)12-15-4-5-20-12/h4-5,7-8,16H,6H2,1-3H3,(H2,14,18)(H,17,19). The minimum atomic E-state index is -0.194. The third-order valence-electron chi connectivity index (χ3n) is 2.81. The SMILES string of the molecule is CC(C)NC(=O)c1c(N)nsc1NCC(C)c1nccs1. The van der Waals surface area contributed by atoms with E-state index in [0.717, 1.165) is 5.01 Å². The van der Waals surface area contributed by atoms with Gasteiger partial charge < -0.3 is 16.4 Å². The number of nitrogens with two attached hydrogens (primary N) is 1. The molecule has 0 saturated heterocycles. The van der Waals surface area contributed by atoms with Gasteiger partial charge in [0.05, 0.1) is 5.01 Å². The molecule has 0 aliphatic carbocycles. The zero-order valence-corrected chi connectivity index (χ0v) is 13.8. The lowest BCUT2D eigenvalue weighted by Gasteiger charge is -2.12. The number of nitrogens with one attached hydrogen (secondary N) is 2. The van der Waals surface area contributed by atoms with Gasteiger partial charge in [-0.15, -0.1) is 11.3 Å². The maximum atomic E-state index is 12.2. The summed E-state index contributed by atoms with van der Waals surface area (Å²) in [6, 6.07) is 0.0545. The number of hydrogen-bond acceptors (Lipinski definition) is 7. The molecule has 0 spiro atoms. The Bertz CT molecular complexity index is 594. The minimum Gasteiger partial charge on any atom is -0.382 e. The van der Waals surface area contributed by atoms with Gasteiger partial charge in [-0.2, -0.15) is 4.37 Å². The molecule has 2 heterocycles. The molecule has 2 aromatic heterocycles. The lowest BCUT2D eigenvalue weighted by molar-refractivity contribution is 0.0945. The molecule has 0 radical (unpaired) electrons. The fourth-order valence-electron chi connectivity index (χ4n) is 1.79. The van der Waals surface area contributed by atoms with Gasteiger partial charge in [-0.25, -0.2) is 4.98 Å². The lowest BCUT2D eigenvalue weighted by atomic mass is 10.2. The summed E-state index contributed by atoms with van der Waals surface area (Å²) >= 11 is 2.83. The second-order valence-corrected chi connectivity index (χ2v) is 6.75. The summed E-state index contributed by atoms with van der Waals surface area (Å²) in [5, 5.41) is 9.82. The van der Waals surface area contributed by atoms with E-state index in [4.69, 9.17) is 5.73 Å². The molecule has 0 aliphatic heterocycles. The topological polar surface area (TPSA) is 92.9 Å². The summed E-state index contributed by atoms with van der Waals surface area (Å²) in [4.78, 5) is 16.4. The third-order valence-corrected chi connectivity index (χ3v) is 4.63. The van der Waals surface area contributed by atoms with Crippen molar-refractivity contribution in [3.8, 4) is 0 Å². The highest BCUT2D eigenvalue weighted by molar-refractivity contribution is 7.11. The number of anilines is 2. The maximum absolute atomic E-state index is 12.2. The van der Waals surface area contributed by atoms with Crippen LogP contribution in [0.15, 0.2) is 11.6 Å². The van der Waals surface area contributed by atoms with Crippen molar-refractivity contribution in [3.05, 3.63) is 22.1 Å². The van der Waals surface area contributed by atoms with Crippen molar-refractivity contribution in [2.24, 2.45) is 0 Å². The summed E-state index contributed by atoms with van der Waals surface area (Å²) in [5.74, 6) is 0.331. The molecule has 2 aromatic rings. The Morgan fingerprint density at radius 2 is 2.19 bits per heavy atom. The molecule has 1 unspecified atom stereocenters. The number of rotatable bonds is 6. The van der Waals surface area contributed by atoms with Crippen LogP contribution in [0, 0.1) is 0 Å². The van der Waals surface area contributed by atoms with E-state index in [1.165, 1.54) is 11.5 Å². The van der Waals surface area contributed by atoms with Gasteiger partial charge in [-0.1, -0.05) is 6.92 Å². The molecule has 114 valence electrons. The van der Waals surface area contributed by atoms with Crippen LogP contribution in [0.1, 0.15) is 42.1 Å². The van der Waals surface area contributed by atoms with Crippen molar-refractivity contribution >= 4 is 39.6 Å². The van der Waals surface area contributed by atoms with E-state index in [1.807, 2.05) is 19.2 Å². The van der Waals surface area contributed by atoms with Gasteiger partial charge >= 0.3 is 0 Å². The minimum absolute atomic E-state index is 0.0545. The Morgan fingerprint density at radius 3 is 2.81 bits per heavy atom. The van der Waals surface area contributed by atoms with Crippen LogP contribution >= 0.6 is 22.9 Å². The summed E-state index contributed by atoms with van der Waals surface area (Å²) in [6.07, 6.45) is 1.79. The second kappa shape index (κ2) is 6.86. The van der Waals surface area contributed by atoms with E-state index >= 15 is 0 Å². The average molecular weight is 325 g/mol. The predicted octanol–water partition coefficient (Wildman–Crippen LogP) is 2.54. The van der Waals surface area contributed by atoms with Crippen LogP contribution in [0.4, 0.5) is 10.8 Å². The van der Waals surface area contributed by atoms with Crippen LogP contribution in [0.3, 0.4) is 0 Å². The molecule has 0 fully saturated rings. The van der Waals surface area contributed by atoms with E-state index in [9.17, 15) is 4.79 Å². The molecule has 21 heavy (non-hydrogen) atoms. The first-order valence-electron chi connectivity index (χ1n) is 6.68. The Morgan fingerprint density at radius 1 is 1.43 bits per heavy atom. The highest BCUT2D eigenvalue weighted by Gasteiger charge is 2.20. The van der Waals surface area contributed by atoms with E-state index < -0.39 is 0 Å². The summed E-state index contributed by atoms with van der Waals surface area (Å²) in [7, 11) is 0. The fraction of sp³-hybridized carbons (Fsp3) is 0.462. The first-order chi connectivity index (χ1) is 9.99. The molecule has 4 N–H and O–H groups in total. The summed E-state index contributed by atoms with van der Waals surface area (Å²) in [6.45, 7) is 6.58. The summed E-state index contributed by atoms with van der Waals surface area (Å²) in [5.41, 5.74) is 6.24. The van der Waals surface area contributed by atoms with Crippen LogP contribution in [0.5, 0.6) is 0 Å². The third kappa shape index (κ3) is 3.92. The number of thiazole rings is 1. The maximum Gasteiger partial charge on any atom is 0.258 e. The highest BCUT2D eigenvalue weighted by atomic mass is 32.1. The van der Waals surface area contributed by atoms with Crippen LogP contribution in [0.2, 0.25) is 0 Å². The summed E-state index contributed by atoms with van der Waals surface area (Å²) < 4.78 is 4.07. The Balaban J connectivity index is 2.05. The lowest BCUT2D eigenvalue weighted by Crippen LogP contribution is -2.31. The van der Waals surface area contributed by atoms with Gasteiger partial charge in [0.15, 0.2) is 5.82 Å². The van der Waals surface area contributed by atoms with Gasteiger partial charge in [0.2, 0.25) is 0 Å². The number of amides is 1. The number of aromatic nitrogens is 2. The predicted molar refractivity (Wildman–Crippen MR) is 88.1 cm³/mol. The first kappa shape index (κ1) is 15.7. The van der Waals surface area contributed by atoms with E-state index in [-0.39, 0.29) is 23.7 Å². The quantitative estimate of drug-likeness (QED) is 0.759. The van der Waals surface area contributed by atoms with Crippen molar-refractivity contribution in [1.82, 2.24) is 14.7 Å². The van der Waals surface area contributed by atoms with Crippen molar-refractivity contribution < 1.29 is 4.79 Å². The van der Waals surface area contributed by atoms with E-state index in [0.29, 0.717) is 17.1 Å². The second-order valence-electron chi connectivity index (χ2n) is 5.05. The van der Waals surface area contributed by atoms with Gasteiger partial charge in [0, 0.05) is 30.1 Å². The van der Waals surface area contributed by atoms with E-state index in [1.54, 1.807) is 17.5 Å². The monoisotopic (exact) mass is 325 g/mol. The molecule has 0 aliphatic rings. The van der Waals surface area contributed by atoms with Gasteiger partial charge in [-0.3, -0.25) is 4.79 Å². The zero-order chi connectivity index (χ0) is 15.4. The smallest absolute Gasteiger partial charge is 0.258 e. The Hall–Kier alpha value is -1.67. The Kier molecular flexibility index (Phi) is 5.13. The normalized spacial score (nSPS) is 12.4. The largest absolute Gasteiger partial charge is 0.382 e. The zero-order valence-electron chi connectivity index (χ0n) is 12.2. The van der Waals surface area contributed by atoms with Crippen molar-refractivity contribution in [2.75, 3.05) is 17.6 Å². The van der Waals surface area contributed by atoms with E-state index in [2.05, 4.69) is 26.9 Å². The van der Waals surface area contributed by atoms with Crippen molar-refractivity contribution in [1.29, 1.82) is 0 Å². The molecule has 0 aromatic carbocycles. The molecule has 1 amide bonds. The van der Waals surface area contributed by atoms with Crippen LogP contribution < -0.4 is 16.4 Å². The number of carbonyl (C=O) groups is 1. The molecule has 2 rings (SSSR count). The van der Waals surface area contributed by atoms with Gasteiger partial charge in [-0.05, 0) is 25.4 Å². The number of nitrogens with zero attached hydrogens (tertiary/aromatic N) is 2. The number of nitrogen functional groups attached to an aromatic ring is 1. The van der Waals surface area contributed by atoms with Crippen molar-refractivity contribution in [3.63, 3.8) is 0 Å². The number of hydrogen-bond donors (Lipinski definition) is 3. The Labute approximate surface area is 132 Å². The molecule has 0 saturated carbocycles. The van der Waals surface area contributed by atoms with Gasteiger partial charge in [0.1, 0.15) is 10.6 Å². The highest BCUT2D eigenvalue weighted by Crippen LogP contribution is 2.28. The molecule has 8 heteroatoms. The molecule has 0 bridgehead atoms. The molecule has 1 atom stereocenters.